The minimum atomic E-state index is -0.686. The molecule has 0 radical (unpaired) electrons. The van der Waals surface area contributed by atoms with E-state index in [4.69, 9.17) is 20.2 Å². The summed E-state index contributed by atoms with van der Waals surface area (Å²) < 4.78 is 11.5. The molecule has 0 aliphatic heterocycles. The third-order valence-corrected chi connectivity index (χ3v) is 7.13. The zero-order valence-electron chi connectivity index (χ0n) is 21.2. The number of nitrogens with zero attached hydrogens (tertiary/aromatic N) is 3. The van der Waals surface area contributed by atoms with E-state index < -0.39 is 5.60 Å². The number of nitrogens with one attached hydrogen (secondary N) is 1. The molecule has 1 saturated carbocycles. The van der Waals surface area contributed by atoms with Crippen LogP contribution >= 0.6 is 0 Å². The molecule has 2 atom stereocenters. The Morgan fingerprint density at radius 2 is 1.97 bits per heavy atom. The molecule has 0 spiro atoms. The summed E-state index contributed by atoms with van der Waals surface area (Å²) in [4.78, 5) is 25.0. The third-order valence-electron chi connectivity index (χ3n) is 7.13. The maximum Gasteiger partial charge on any atom is 0.293 e. The van der Waals surface area contributed by atoms with Crippen molar-refractivity contribution >= 4 is 28.9 Å². The van der Waals surface area contributed by atoms with E-state index in [9.17, 15) is 4.79 Å². The first-order valence-corrected chi connectivity index (χ1v) is 12.3. The summed E-state index contributed by atoms with van der Waals surface area (Å²) in [7, 11) is 0. The van der Waals surface area contributed by atoms with Crippen LogP contribution in [0.3, 0.4) is 0 Å². The van der Waals surface area contributed by atoms with Gasteiger partial charge in [0.2, 0.25) is 5.88 Å². The highest BCUT2D eigenvalue weighted by atomic mass is 16.5. The van der Waals surface area contributed by atoms with Gasteiger partial charge in [0, 0.05) is 24.4 Å². The van der Waals surface area contributed by atoms with Crippen LogP contribution in [0.2, 0.25) is 0 Å². The predicted octanol–water partition coefficient (Wildman–Crippen LogP) is 5.47. The van der Waals surface area contributed by atoms with Gasteiger partial charge >= 0.3 is 0 Å². The lowest BCUT2D eigenvalue weighted by Gasteiger charge is -2.30. The molecular weight excluding hydrogens is 442 g/mol. The SMILES string of the molecule is CCC(N)c1cnc(OC2CCC2)c2cnc(Nc3ccc(C)c(C(C)C(C)(C)OC=O)n3)cc12. The molecule has 35 heavy (non-hydrogen) atoms. The lowest BCUT2D eigenvalue weighted by Crippen LogP contribution is -2.31. The Hall–Kier alpha value is -3.26. The minimum Gasteiger partial charge on any atom is -0.474 e. The van der Waals surface area contributed by atoms with Crippen molar-refractivity contribution in [2.75, 3.05) is 5.32 Å². The van der Waals surface area contributed by atoms with Gasteiger partial charge in [-0.15, -0.1) is 0 Å². The molecule has 0 aromatic carbocycles. The van der Waals surface area contributed by atoms with Gasteiger partial charge in [0.05, 0.1) is 11.1 Å². The smallest absolute Gasteiger partial charge is 0.293 e. The summed E-state index contributed by atoms with van der Waals surface area (Å²) in [6, 6.07) is 5.77. The second kappa shape index (κ2) is 10.2. The zero-order chi connectivity index (χ0) is 25.2. The molecule has 2 unspecified atom stereocenters. The second-order valence-electron chi connectivity index (χ2n) is 9.88. The number of hydrogen-bond acceptors (Lipinski definition) is 8. The van der Waals surface area contributed by atoms with Gasteiger partial charge in [0.1, 0.15) is 23.3 Å². The van der Waals surface area contributed by atoms with Gasteiger partial charge in [-0.2, -0.15) is 0 Å². The second-order valence-corrected chi connectivity index (χ2v) is 9.88. The Bertz CT molecular complexity index is 1210. The van der Waals surface area contributed by atoms with E-state index in [0.29, 0.717) is 24.0 Å². The molecule has 186 valence electrons. The Kier molecular flexibility index (Phi) is 7.21. The van der Waals surface area contributed by atoms with Gasteiger partial charge in [-0.05, 0) is 75.1 Å². The van der Waals surface area contributed by atoms with Crippen LogP contribution in [-0.4, -0.2) is 33.1 Å². The molecule has 1 fully saturated rings. The van der Waals surface area contributed by atoms with Crippen molar-refractivity contribution in [2.24, 2.45) is 5.73 Å². The molecule has 3 N–H and O–H groups in total. The van der Waals surface area contributed by atoms with Gasteiger partial charge < -0.3 is 20.5 Å². The summed E-state index contributed by atoms with van der Waals surface area (Å²) in [5, 5.41) is 5.17. The molecule has 4 rings (SSSR count). The highest BCUT2D eigenvalue weighted by Gasteiger charge is 2.31. The third kappa shape index (κ3) is 5.22. The average Bonchev–Trinajstić information content (AvgIpc) is 2.81. The molecule has 3 aromatic rings. The fourth-order valence-electron chi connectivity index (χ4n) is 4.20. The van der Waals surface area contributed by atoms with Gasteiger partial charge in [-0.1, -0.05) is 19.9 Å². The first kappa shape index (κ1) is 24.9. The highest BCUT2D eigenvalue weighted by Crippen LogP contribution is 2.35. The van der Waals surface area contributed by atoms with E-state index >= 15 is 0 Å². The Morgan fingerprint density at radius 1 is 1.20 bits per heavy atom. The van der Waals surface area contributed by atoms with Crippen molar-refractivity contribution in [3.05, 3.63) is 47.4 Å². The summed E-state index contributed by atoms with van der Waals surface area (Å²) >= 11 is 0. The minimum absolute atomic E-state index is 0.106. The molecule has 1 aliphatic rings. The quantitative estimate of drug-likeness (QED) is 0.370. The Labute approximate surface area is 206 Å². The Balaban J connectivity index is 1.68. The number of nitrogens with two attached hydrogens (primary N) is 1. The van der Waals surface area contributed by atoms with E-state index in [1.54, 1.807) is 6.20 Å². The molecule has 8 nitrogen and oxygen atoms in total. The number of carbonyl (C=O) groups is 1. The van der Waals surface area contributed by atoms with Gasteiger partial charge in [0.15, 0.2) is 0 Å². The normalized spacial score (nSPS) is 15.8. The lowest BCUT2D eigenvalue weighted by atomic mass is 9.87. The number of fused-ring (bicyclic) bond motifs is 1. The van der Waals surface area contributed by atoms with Crippen LogP contribution in [0.15, 0.2) is 30.6 Å². The van der Waals surface area contributed by atoms with Gasteiger partial charge in [-0.25, -0.2) is 15.0 Å². The maximum absolute atomic E-state index is 11.0. The first-order chi connectivity index (χ1) is 16.7. The molecular formula is C27H35N5O3. The number of pyridine rings is 3. The first-order valence-electron chi connectivity index (χ1n) is 12.3. The molecule has 8 heteroatoms. The van der Waals surface area contributed by atoms with Crippen LogP contribution in [-0.2, 0) is 9.53 Å². The summed E-state index contributed by atoms with van der Waals surface area (Å²) in [5.74, 6) is 1.82. The molecule has 0 bridgehead atoms. The zero-order valence-corrected chi connectivity index (χ0v) is 21.2. The number of carbonyl (C=O) groups excluding carboxylic acids is 1. The van der Waals surface area contributed by atoms with Crippen LogP contribution < -0.4 is 15.8 Å². The molecule has 0 amide bonds. The van der Waals surface area contributed by atoms with Gasteiger partial charge in [-0.3, -0.25) is 4.79 Å². The van der Waals surface area contributed by atoms with Crippen LogP contribution in [0, 0.1) is 6.92 Å². The summed E-state index contributed by atoms with van der Waals surface area (Å²) in [5.41, 5.74) is 8.58. The lowest BCUT2D eigenvalue weighted by molar-refractivity contribution is -0.142. The van der Waals surface area contributed by atoms with E-state index in [1.807, 2.05) is 52.1 Å². The fourth-order valence-corrected chi connectivity index (χ4v) is 4.20. The summed E-state index contributed by atoms with van der Waals surface area (Å²) in [6.07, 6.45) is 7.94. The van der Waals surface area contributed by atoms with E-state index in [2.05, 4.69) is 22.2 Å². The van der Waals surface area contributed by atoms with Crippen LogP contribution in [0.25, 0.3) is 10.8 Å². The molecule has 3 heterocycles. The van der Waals surface area contributed by atoms with Crippen molar-refractivity contribution in [1.29, 1.82) is 0 Å². The Morgan fingerprint density at radius 3 is 2.63 bits per heavy atom. The topological polar surface area (TPSA) is 112 Å². The number of hydrogen-bond donors (Lipinski definition) is 2. The molecule has 0 saturated heterocycles. The van der Waals surface area contributed by atoms with Crippen molar-refractivity contribution < 1.29 is 14.3 Å². The largest absolute Gasteiger partial charge is 0.474 e. The maximum atomic E-state index is 11.0. The summed E-state index contributed by atoms with van der Waals surface area (Å²) in [6.45, 7) is 10.3. The average molecular weight is 478 g/mol. The van der Waals surface area contributed by atoms with Crippen molar-refractivity contribution in [3.63, 3.8) is 0 Å². The number of anilines is 2. The van der Waals surface area contributed by atoms with Crippen molar-refractivity contribution in [2.45, 2.75) is 84.0 Å². The number of aryl methyl sites for hydroxylation is 1. The molecule has 1 aliphatic carbocycles. The van der Waals surface area contributed by atoms with Crippen LogP contribution in [0.4, 0.5) is 11.6 Å². The predicted molar refractivity (Wildman–Crippen MR) is 137 cm³/mol. The highest BCUT2D eigenvalue weighted by molar-refractivity contribution is 5.91. The van der Waals surface area contributed by atoms with Crippen LogP contribution in [0.1, 0.15) is 82.2 Å². The number of rotatable bonds is 10. The van der Waals surface area contributed by atoms with E-state index in [0.717, 1.165) is 46.9 Å². The van der Waals surface area contributed by atoms with Crippen molar-refractivity contribution in [1.82, 2.24) is 15.0 Å². The van der Waals surface area contributed by atoms with Crippen molar-refractivity contribution in [3.8, 4) is 5.88 Å². The standard InChI is InChI=1S/C27H35N5O3/c1-6-22(28)20-13-30-26(35-18-8-7-9-18)21-14-29-24(12-19(20)21)31-23-11-10-16(2)25(32-23)17(3)27(4,5)34-15-33/h10-15,17-18,22H,6-9,28H2,1-5H3,(H,29,31,32). The number of ether oxygens (including phenoxy) is 2. The van der Waals surface area contributed by atoms with Gasteiger partial charge in [0.25, 0.3) is 6.47 Å². The van der Waals surface area contributed by atoms with E-state index in [1.165, 1.54) is 6.42 Å². The number of aromatic nitrogens is 3. The van der Waals surface area contributed by atoms with Crippen LogP contribution in [0.5, 0.6) is 5.88 Å². The monoisotopic (exact) mass is 477 g/mol. The van der Waals surface area contributed by atoms with E-state index in [-0.39, 0.29) is 18.1 Å². The molecule has 3 aromatic heterocycles. The fraction of sp³-hybridized carbons (Fsp3) is 0.481.